The van der Waals surface area contributed by atoms with Crippen LogP contribution < -0.4 is 0 Å². The molecular weight excluding hydrogens is 302 g/mol. The molecule has 1 aliphatic rings. The van der Waals surface area contributed by atoms with Crippen LogP contribution in [0.5, 0.6) is 0 Å². The molecule has 3 aromatic rings. The highest BCUT2D eigenvalue weighted by Gasteiger charge is 2.14. The highest BCUT2D eigenvalue weighted by molar-refractivity contribution is 5.58. The van der Waals surface area contributed by atoms with Gasteiger partial charge in [0.05, 0.1) is 6.20 Å². The van der Waals surface area contributed by atoms with Crippen LogP contribution in [-0.4, -0.2) is 38.1 Å². The molecular formula is C18H19N5O. The summed E-state index contributed by atoms with van der Waals surface area (Å²) in [5.74, 6) is 0.968. The molecule has 0 bridgehead atoms. The summed E-state index contributed by atoms with van der Waals surface area (Å²) in [4.78, 5) is 15.2. The summed E-state index contributed by atoms with van der Waals surface area (Å²) in [6, 6.07) is 8.35. The van der Waals surface area contributed by atoms with Crippen LogP contribution in [-0.2, 0) is 6.54 Å². The minimum absolute atomic E-state index is 0.388. The second-order valence-electron chi connectivity index (χ2n) is 6.05. The van der Waals surface area contributed by atoms with E-state index in [0.717, 1.165) is 12.1 Å². The predicted molar refractivity (Wildman–Crippen MR) is 89.9 cm³/mol. The van der Waals surface area contributed by atoms with Crippen molar-refractivity contribution in [2.24, 2.45) is 0 Å². The summed E-state index contributed by atoms with van der Waals surface area (Å²) in [5.41, 5.74) is 2.82. The fourth-order valence-electron chi connectivity index (χ4n) is 3.04. The zero-order valence-corrected chi connectivity index (χ0v) is 13.4. The lowest BCUT2D eigenvalue weighted by Crippen LogP contribution is -2.29. The first kappa shape index (κ1) is 15.0. The topological polar surface area (TPSA) is 67.9 Å². The first-order valence-electron chi connectivity index (χ1n) is 8.30. The summed E-state index contributed by atoms with van der Waals surface area (Å²) < 4.78 is 5.32. The molecule has 3 heterocycles. The first-order chi connectivity index (χ1) is 11.9. The number of likely N-dealkylation sites (tertiary alicyclic amines) is 1. The molecule has 1 saturated heterocycles. The molecule has 0 aliphatic carbocycles. The molecule has 0 N–H and O–H groups in total. The fraction of sp³-hybridized carbons (Fsp3) is 0.333. The van der Waals surface area contributed by atoms with Gasteiger partial charge in [0.15, 0.2) is 0 Å². The molecule has 1 aliphatic heterocycles. The third-order valence-electron chi connectivity index (χ3n) is 4.25. The Morgan fingerprint density at radius 3 is 2.83 bits per heavy atom. The van der Waals surface area contributed by atoms with Crippen LogP contribution in [0.3, 0.4) is 0 Å². The lowest BCUT2D eigenvalue weighted by atomic mass is 10.1. The van der Waals surface area contributed by atoms with E-state index in [2.05, 4.69) is 37.1 Å². The molecule has 0 saturated carbocycles. The largest absolute Gasteiger partial charge is 0.332 e. The SMILES string of the molecule is c1cc(CN2CCCCC2)cc(-c2noc(-c3cnccn3)n2)c1. The van der Waals surface area contributed by atoms with Gasteiger partial charge in [-0.15, -0.1) is 0 Å². The molecule has 24 heavy (non-hydrogen) atoms. The molecule has 2 aromatic heterocycles. The highest BCUT2D eigenvalue weighted by Crippen LogP contribution is 2.22. The number of nitrogens with zero attached hydrogens (tertiary/aromatic N) is 5. The maximum absolute atomic E-state index is 5.32. The second-order valence-corrected chi connectivity index (χ2v) is 6.05. The first-order valence-corrected chi connectivity index (χ1v) is 8.30. The minimum atomic E-state index is 0.388. The Morgan fingerprint density at radius 2 is 2.00 bits per heavy atom. The van der Waals surface area contributed by atoms with E-state index in [4.69, 9.17) is 4.52 Å². The van der Waals surface area contributed by atoms with Gasteiger partial charge in [-0.1, -0.05) is 29.8 Å². The van der Waals surface area contributed by atoms with Crippen LogP contribution in [0.25, 0.3) is 23.0 Å². The average Bonchev–Trinajstić information content (AvgIpc) is 3.14. The Labute approximate surface area is 140 Å². The molecule has 1 fully saturated rings. The number of piperidine rings is 1. The van der Waals surface area contributed by atoms with Crippen molar-refractivity contribution in [2.75, 3.05) is 13.1 Å². The molecule has 4 rings (SSSR count). The summed E-state index contributed by atoms with van der Waals surface area (Å²) in [7, 11) is 0. The number of rotatable bonds is 4. The van der Waals surface area contributed by atoms with Gasteiger partial charge in [-0.2, -0.15) is 4.98 Å². The average molecular weight is 321 g/mol. The standard InChI is InChI=1S/C18H19N5O/c1-2-9-23(10-3-1)13-14-5-4-6-15(11-14)17-21-18(24-22-17)16-12-19-7-8-20-16/h4-8,11-12H,1-3,9-10,13H2. The van der Waals surface area contributed by atoms with Crippen LogP contribution >= 0.6 is 0 Å². The van der Waals surface area contributed by atoms with Crippen molar-refractivity contribution >= 4 is 0 Å². The van der Waals surface area contributed by atoms with Crippen LogP contribution in [0, 0.1) is 0 Å². The zero-order chi connectivity index (χ0) is 16.2. The van der Waals surface area contributed by atoms with Crippen molar-refractivity contribution in [3.8, 4) is 23.0 Å². The molecule has 0 unspecified atom stereocenters. The maximum Gasteiger partial charge on any atom is 0.278 e. The zero-order valence-electron chi connectivity index (χ0n) is 13.4. The number of hydrogen-bond acceptors (Lipinski definition) is 6. The smallest absolute Gasteiger partial charge is 0.278 e. The van der Waals surface area contributed by atoms with E-state index in [0.29, 0.717) is 17.4 Å². The van der Waals surface area contributed by atoms with E-state index in [9.17, 15) is 0 Å². The maximum atomic E-state index is 5.32. The molecule has 6 heteroatoms. The highest BCUT2D eigenvalue weighted by atomic mass is 16.5. The van der Waals surface area contributed by atoms with Gasteiger partial charge in [-0.25, -0.2) is 4.98 Å². The van der Waals surface area contributed by atoms with Crippen molar-refractivity contribution < 1.29 is 4.52 Å². The Hall–Kier alpha value is -2.60. The quantitative estimate of drug-likeness (QED) is 0.735. The normalized spacial score (nSPS) is 15.5. The molecule has 0 atom stereocenters. The third kappa shape index (κ3) is 3.33. The van der Waals surface area contributed by atoms with Crippen molar-refractivity contribution in [1.29, 1.82) is 0 Å². The monoisotopic (exact) mass is 321 g/mol. The Kier molecular flexibility index (Phi) is 4.29. The van der Waals surface area contributed by atoms with E-state index in [-0.39, 0.29) is 0 Å². The minimum Gasteiger partial charge on any atom is -0.332 e. The third-order valence-corrected chi connectivity index (χ3v) is 4.25. The van der Waals surface area contributed by atoms with Gasteiger partial charge < -0.3 is 4.52 Å². The van der Waals surface area contributed by atoms with Crippen molar-refractivity contribution in [3.63, 3.8) is 0 Å². The van der Waals surface area contributed by atoms with Crippen LogP contribution in [0.2, 0.25) is 0 Å². The fourth-order valence-corrected chi connectivity index (χ4v) is 3.04. The van der Waals surface area contributed by atoms with Gasteiger partial charge in [0.1, 0.15) is 5.69 Å². The molecule has 0 radical (unpaired) electrons. The van der Waals surface area contributed by atoms with Crippen LogP contribution in [0.1, 0.15) is 24.8 Å². The molecule has 0 amide bonds. The van der Waals surface area contributed by atoms with Crippen molar-refractivity contribution in [2.45, 2.75) is 25.8 Å². The van der Waals surface area contributed by atoms with Crippen molar-refractivity contribution in [1.82, 2.24) is 25.0 Å². The van der Waals surface area contributed by atoms with E-state index < -0.39 is 0 Å². The second kappa shape index (κ2) is 6.88. The summed E-state index contributed by atoms with van der Waals surface area (Å²) in [5, 5.41) is 4.08. The van der Waals surface area contributed by atoms with Gasteiger partial charge in [-0.3, -0.25) is 9.88 Å². The Bertz CT molecular complexity index is 796. The van der Waals surface area contributed by atoms with Gasteiger partial charge in [0.25, 0.3) is 5.89 Å². The molecule has 122 valence electrons. The summed E-state index contributed by atoms with van der Waals surface area (Å²) >= 11 is 0. The predicted octanol–water partition coefficient (Wildman–Crippen LogP) is 3.18. The van der Waals surface area contributed by atoms with E-state index in [1.807, 2.05) is 12.1 Å². The number of hydrogen-bond donors (Lipinski definition) is 0. The summed E-state index contributed by atoms with van der Waals surface area (Å²) in [6.45, 7) is 3.34. The van der Waals surface area contributed by atoms with E-state index >= 15 is 0 Å². The van der Waals surface area contributed by atoms with Gasteiger partial charge in [-0.05, 0) is 37.6 Å². The molecule has 6 nitrogen and oxygen atoms in total. The van der Waals surface area contributed by atoms with Gasteiger partial charge in [0, 0.05) is 24.5 Å². The van der Waals surface area contributed by atoms with E-state index in [1.165, 1.54) is 37.9 Å². The van der Waals surface area contributed by atoms with Crippen molar-refractivity contribution in [3.05, 3.63) is 48.4 Å². The number of benzene rings is 1. The lowest BCUT2D eigenvalue weighted by Gasteiger charge is -2.26. The molecule has 0 spiro atoms. The van der Waals surface area contributed by atoms with E-state index in [1.54, 1.807) is 18.6 Å². The van der Waals surface area contributed by atoms with Gasteiger partial charge >= 0.3 is 0 Å². The summed E-state index contributed by atoms with van der Waals surface area (Å²) in [6.07, 6.45) is 8.79. The number of aromatic nitrogens is 4. The molecule has 1 aromatic carbocycles. The van der Waals surface area contributed by atoms with Gasteiger partial charge in [0.2, 0.25) is 5.82 Å². The lowest BCUT2D eigenvalue weighted by molar-refractivity contribution is 0.221. The Balaban J connectivity index is 1.54. The van der Waals surface area contributed by atoms with Crippen LogP contribution in [0.4, 0.5) is 0 Å². The Morgan fingerprint density at radius 1 is 1.08 bits per heavy atom. The van der Waals surface area contributed by atoms with Crippen LogP contribution in [0.15, 0.2) is 47.4 Å².